The van der Waals surface area contributed by atoms with Gasteiger partial charge in [0.1, 0.15) is 0 Å². The van der Waals surface area contributed by atoms with Gasteiger partial charge in [0.05, 0.1) is 18.2 Å². The zero-order valence-electron chi connectivity index (χ0n) is 15.1. The molecule has 0 aliphatic heterocycles. The highest BCUT2D eigenvalue weighted by molar-refractivity contribution is 5.75. The fourth-order valence-electron chi connectivity index (χ4n) is 2.85. The summed E-state index contributed by atoms with van der Waals surface area (Å²) in [6.07, 6.45) is 4.41. The first-order valence-corrected chi connectivity index (χ1v) is 8.80. The first kappa shape index (κ1) is 19.6. The van der Waals surface area contributed by atoms with E-state index in [-0.39, 0.29) is 6.61 Å². The van der Waals surface area contributed by atoms with Crippen LogP contribution in [0.4, 0.5) is 0 Å². The summed E-state index contributed by atoms with van der Waals surface area (Å²) < 4.78 is 6.59. The van der Waals surface area contributed by atoms with Crippen LogP contribution in [-0.2, 0) is 16.0 Å². The van der Waals surface area contributed by atoms with Crippen LogP contribution in [0, 0.1) is 10.1 Å². The van der Waals surface area contributed by atoms with E-state index in [0.717, 1.165) is 25.0 Å². The van der Waals surface area contributed by atoms with Gasteiger partial charge >= 0.3 is 5.97 Å². The number of hydrogen-bond acceptors (Lipinski definition) is 6. The van der Waals surface area contributed by atoms with Crippen LogP contribution in [0.1, 0.15) is 49.9 Å². The van der Waals surface area contributed by atoms with Crippen molar-refractivity contribution in [2.45, 2.75) is 45.1 Å². The molecular weight excluding hydrogens is 336 g/mol. The molecular formula is C18H24N4O4. The molecule has 0 radical (unpaired) electrons. The summed E-state index contributed by atoms with van der Waals surface area (Å²) >= 11 is 0. The van der Waals surface area contributed by atoms with Gasteiger partial charge in [-0.25, -0.2) is 9.48 Å². The molecule has 0 unspecified atom stereocenters. The van der Waals surface area contributed by atoms with E-state index < -0.39 is 29.4 Å². The van der Waals surface area contributed by atoms with Gasteiger partial charge in [0.2, 0.25) is 6.54 Å². The predicted molar refractivity (Wildman–Crippen MR) is 95.3 cm³/mol. The molecule has 8 nitrogen and oxygen atoms in total. The number of aryl methyl sites for hydroxylation is 1. The molecule has 0 spiro atoms. The summed E-state index contributed by atoms with van der Waals surface area (Å²) in [5, 5.41) is 19.4. The number of carbonyl (C=O) groups is 1. The second-order valence-corrected chi connectivity index (χ2v) is 6.02. The van der Waals surface area contributed by atoms with Crippen molar-refractivity contribution in [2.24, 2.45) is 0 Å². The molecule has 0 N–H and O–H groups in total. The number of nitrogens with zero attached hydrogens (tertiary/aromatic N) is 4. The van der Waals surface area contributed by atoms with Crippen molar-refractivity contribution in [3.05, 3.63) is 57.9 Å². The van der Waals surface area contributed by atoms with E-state index in [1.165, 1.54) is 4.68 Å². The summed E-state index contributed by atoms with van der Waals surface area (Å²) in [6, 6.07) is 8.01. The van der Waals surface area contributed by atoms with Gasteiger partial charge in [-0.3, -0.25) is 10.1 Å². The molecule has 1 heterocycles. The summed E-state index contributed by atoms with van der Waals surface area (Å²) in [7, 11) is 0. The lowest BCUT2D eigenvalue weighted by atomic mass is 9.91. The summed E-state index contributed by atoms with van der Waals surface area (Å²) in [5.41, 5.74) is 1.45. The molecule has 26 heavy (non-hydrogen) atoms. The topological polar surface area (TPSA) is 100 Å². The first-order chi connectivity index (χ1) is 12.6. The zero-order chi connectivity index (χ0) is 18.9. The van der Waals surface area contributed by atoms with Crippen molar-refractivity contribution in [3.63, 3.8) is 0 Å². The van der Waals surface area contributed by atoms with Crippen LogP contribution in [-0.4, -0.2) is 39.0 Å². The number of benzene rings is 1. The fourth-order valence-corrected chi connectivity index (χ4v) is 2.85. The van der Waals surface area contributed by atoms with Gasteiger partial charge in [-0.15, -0.1) is 5.10 Å². The average molecular weight is 360 g/mol. The average Bonchev–Trinajstić information content (AvgIpc) is 3.08. The molecule has 2 atom stereocenters. The van der Waals surface area contributed by atoms with Crippen LogP contribution in [0.15, 0.2) is 36.5 Å². The van der Waals surface area contributed by atoms with Crippen molar-refractivity contribution < 1.29 is 14.5 Å². The highest BCUT2D eigenvalue weighted by atomic mass is 16.6. The molecule has 0 saturated carbocycles. The molecule has 0 saturated heterocycles. The smallest absolute Gasteiger partial charge is 0.331 e. The number of hydrogen-bond donors (Lipinski definition) is 0. The third-order valence-electron chi connectivity index (χ3n) is 4.11. The highest BCUT2D eigenvalue weighted by Gasteiger charge is 2.37. The Kier molecular flexibility index (Phi) is 7.25. The minimum Gasteiger partial charge on any atom is -0.464 e. The maximum atomic E-state index is 12.6. The Bertz CT molecular complexity index is 717. The zero-order valence-corrected chi connectivity index (χ0v) is 15.1. The molecule has 8 heteroatoms. The monoisotopic (exact) mass is 360 g/mol. The Morgan fingerprint density at radius 1 is 1.31 bits per heavy atom. The number of esters is 1. The Morgan fingerprint density at radius 3 is 2.65 bits per heavy atom. The summed E-state index contributed by atoms with van der Waals surface area (Å²) in [5.74, 6) is -1.25. The molecule has 1 aromatic carbocycles. The number of nitro groups is 1. The molecule has 0 aliphatic carbocycles. The Hall–Kier alpha value is -2.77. The molecule has 0 amide bonds. The van der Waals surface area contributed by atoms with E-state index in [1.54, 1.807) is 37.4 Å². The number of aromatic nitrogens is 3. The first-order valence-electron chi connectivity index (χ1n) is 8.80. The molecule has 0 aliphatic rings. The van der Waals surface area contributed by atoms with E-state index in [2.05, 4.69) is 17.2 Å². The van der Waals surface area contributed by atoms with Crippen LogP contribution in [0.2, 0.25) is 0 Å². The summed E-state index contributed by atoms with van der Waals surface area (Å²) in [6.45, 7) is 3.56. The van der Waals surface area contributed by atoms with Gasteiger partial charge in [-0.1, -0.05) is 48.9 Å². The third kappa shape index (κ3) is 5.11. The minimum absolute atomic E-state index is 0.187. The Labute approximate surface area is 152 Å². The van der Waals surface area contributed by atoms with Crippen molar-refractivity contribution >= 4 is 5.97 Å². The van der Waals surface area contributed by atoms with Crippen molar-refractivity contribution in [3.8, 4) is 0 Å². The molecule has 1 aromatic heterocycles. The molecule has 2 rings (SSSR count). The lowest BCUT2D eigenvalue weighted by Crippen LogP contribution is -2.32. The largest absolute Gasteiger partial charge is 0.464 e. The second kappa shape index (κ2) is 9.65. The van der Waals surface area contributed by atoms with Gasteiger partial charge < -0.3 is 4.74 Å². The highest BCUT2D eigenvalue weighted by Crippen LogP contribution is 2.30. The Balaban J connectivity index is 2.41. The standard InChI is InChI=1S/C18H24N4O4/c1-3-5-11-15-12-21(20-19-15)17(18(23)26-4-2)16(13-22(24)25)14-9-7-6-8-10-14/h6-10,12,16-17H,3-5,11,13H2,1-2H3/t16-,17+/m0/s1. The number of unbranched alkanes of at least 4 members (excludes halogenated alkanes) is 1. The van der Waals surface area contributed by atoms with Crippen LogP contribution >= 0.6 is 0 Å². The van der Waals surface area contributed by atoms with Crippen LogP contribution in [0.3, 0.4) is 0 Å². The molecule has 0 bridgehead atoms. The molecule has 2 aromatic rings. The quantitative estimate of drug-likeness (QED) is 0.367. The maximum Gasteiger partial charge on any atom is 0.331 e. The van der Waals surface area contributed by atoms with E-state index in [0.29, 0.717) is 5.56 Å². The van der Waals surface area contributed by atoms with Crippen molar-refractivity contribution in [2.75, 3.05) is 13.2 Å². The van der Waals surface area contributed by atoms with E-state index in [9.17, 15) is 14.9 Å². The van der Waals surface area contributed by atoms with Gasteiger partial charge in [-0.05, 0) is 25.3 Å². The summed E-state index contributed by atoms with van der Waals surface area (Å²) in [4.78, 5) is 23.5. The van der Waals surface area contributed by atoms with Crippen LogP contribution < -0.4 is 0 Å². The van der Waals surface area contributed by atoms with E-state index in [1.807, 2.05) is 6.07 Å². The van der Waals surface area contributed by atoms with Crippen LogP contribution in [0.5, 0.6) is 0 Å². The van der Waals surface area contributed by atoms with Gasteiger partial charge in [-0.2, -0.15) is 0 Å². The lowest BCUT2D eigenvalue weighted by molar-refractivity contribution is -0.484. The maximum absolute atomic E-state index is 12.6. The van der Waals surface area contributed by atoms with Crippen LogP contribution in [0.25, 0.3) is 0 Å². The SMILES string of the molecule is CCCCc1cn([C@@H](C(=O)OCC)[C@@H](C[N+](=O)[O-])c2ccccc2)nn1. The minimum atomic E-state index is -0.939. The van der Waals surface area contributed by atoms with E-state index in [4.69, 9.17) is 4.74 Å². The predicted octanol–water partition coefficient (Wildman–Crippen LogP) is 2.79. The number of rotatable bonds is 10. The fraction of sp³-hybridized carbons (Fsp3) is 0.500. The second-order valence-electron chi connectivity index (χ2n) is 6.02. The van der Waals surface area contributed by atoms with Gasteiger partial charge in [0, 0.05) is 11.1 Å². The van der Waals surface area contributed by atoms with Crippen molar-refractivity contribution in [1.82, 2.24) is 15.0 Å². The molecule has 0 fully saturated rings. The number of carbonyl (C=O) groups excluding carboxylic acids is 1. The van der Waals surface area contributed by atoms with Gasteiger partial charge in [0.15, 0.2) is 6.04 Å². The van der Waals surface area contributed by atoms with Crippen molar-refractivity contribution in [1.29, 1.82) is 0 Å². The lowest BCUT2D eigenvalue weighted by Gasteiger charge is -2.23. The van der Waals surface area contributed by atoms with Gasteiger partial charge in [0.25, 0.3) is 0 Å². The third-order valence-corrected chi connectivity index (χ3v) is 4.11. The Morgan fingerprint density at radius 2 is 2.04 bits per heavy atom. The molecule has 140 valence electrons. The van der Waals surface area contributed by atoms with E-state index >= 15 is 0 Å². The normalized spacial score (nSPS) is 13.2. The number of ether oxygens (including phenoxy) is 1.